The molecule has 72 heavy (non-hydrogen) atoms. The number of alkyl halides is 6. The van der Waals surface area contributed by atoms with Gasteiger partial charge in [-0.2, -0.15) is 26.3 Å². The van der Waals surface area contributed by atoms with E-state index in [0.717, 1.165) is 89.5 Å². The van der Waals surface area contributed by atoms with Gasteiger partial charge in [0.25, 0.3) is 0 Å². The summed E-state index contributed by atoms with van der Waals surface area (Å²) in [7, 11) is 0. The molecule has 0 fully saturated rings. The zero-order chi connectivity index (χ0) is 54.0. The third-order valence-electron chi connectivity index (χ3n) is 8.98. The number of rotatable bonds is 17. The van der Waals surface area contributed by atoms with E-state index >= 15 is 0 Å². The fourth-order valence-electron chi connectivity index (χ4n) is 5.42. The van der Waals surface area contributed by atoms with Crippen LogP contribution < -0.4 is 22.1 Å². The molecule has 23 heteroatoms. The summed E-state index contributed by atoms with van der Waals surface area (Å²) in [6.45, 7) is 10.1. The lowest BCUT2D eigenvalue weighted by Crippen LogP contribution is -2.37. The van der Waals surface area contributed by atoms with E-state index in [1.165, 1.54) is 23.1 Å². The van der Waals surface area contributed by atoms with Crippen molar-refractivity contribution in [2.45, 2.75) is 90.9 Å². The van der Waals surface area contributed by atoms with E-state index in [9.17, 15) is 53.5 Å². The number of halogens is 11. The second kappa shape index (κ2) is 31.2. The van der Waals surface area contributed by atoms with Gasteiger partial charge in [0.2, 0.25) is 0 Å². The Labute approximate surface area is 417 Å². The average molecular weight is 1090 g/mol. The van der Waals surface area contributed by atoms with E-state index in [1.54, 1.807) is 24.3 Å². The average Bonchev–Trinajstić information content (AvgIpc) is 4.06. The molecule has 0 saturated carbocycles. The van der Waals surface area contributed by atoms with Crippen molar-refractivity contribution in [1.82, 2.24) is 25.6 Å². The Morgan fingerprint density at radius 3 is 1.29 bits per heavy atom. The van der Waals surface area contributed by atoms with Crippen molar-refractivity contribution in [3.05, 3.63) is 124 Å². The summed E-state index contributed by atoms with van der Waals surface area (Å²) >= 11 is 3.41. The molecular weight excluding hydrogens is 1040 g/mol. The SMILES string of the molecule is C=C(F)CN.C=C(F)CNC(=O)C(F)(F)F.CCCCc1nc2ccc(/C=C(/F)CN)cc2o1.CCCCc1nc2ccc(/C=C(/F)CNC(=O)C(F)(F)F)cc2o1.CCCCc1nc2ccc(Br)cc2o1. The number of unbranched alkanes of at least 4 members (excludes halogenated alkanes) is 3. The van der Waals surface area contributed by atoms with Gasteiger partial charge < -0.3 is 35.4 Å². The third kappa shape index (κ3) is 23.7. The van der Waals surface area contributed by atoms with E-state index in [1.807, 2.05) is 37.3 Å². The van der Waals surface area contributed by atoms with Gasteiger partial charge in [0.15, 0.2) is 34.4 Å². The highest BCUT2D eigenvalue weighted by Crippen LogP contribution is 2.24. The number of nitrogens with two attached hydrogens (primary N) is 2. The van der Waals surface area contributed by atoms with Gasteiger partial charge in [0.05, 0.1) is 13.1 Å². The topological polar surface area (TPSA) is 188 Å². The monoisotopic (exact) mass is 1090 g/mol. The van der Waals surface area contributed by atoms with E-state index < -0.39 is 54.7 Å². The molecule has 0 spiro atoms. The van der Waals surface area contributed by atoms with Crippen molar-refractivity contribution in [3.8, 4) is 0 Å². The molecule has 0 aliphatic carbocycles. The molecular formula is C49H56BrF10N7O5. The van der Waals surface area contributed by atoms with Crippen LogP contribution in [0.15, 0.2) is 109 Å². The minimum Gasteiger partial charge on any atom is -0.441 e. The van der Waals surface area contributed by atoms with Crippen molar-refractivity contribution in [2.24, 2.45) is 11.5 Å². The number of hydrogen-bond acceptors (Lipinski definition) is 10. The lowest BCUT2D eigenvalue weighted by Gasteiger charge is -2.06. The van der Waals surface area contributed by atoms with Gasteiger partial charge >= 0.3 is 24.2 Å². The maximum Gasteiger partial charge on any atom is 0.471 e. The maximum absolute atomic E-state index is 13.6. The largest absolute Gasteiger partial charge is 0.471 e. The number of carbonyl (C=O) groups is 2. The molecule has 0 aliphatic rings. The minimum absolute atomic E-state index is 0.0556. The Morgan fingerprint density at radius 1 is 0.583 bits per heavy atom. The molecule has 3 aromatic heterocycles. The predicted molar refractivity (Wildman–Crippen MR) is 260 cm³/mol. The molecule has 0 radical (unpaired) electrons. The summed E-state index contributed by atoms with van der Waals surface area (Å²) in [5, 5.41) is 2.75. The van der Waals surface area contributed by atoms with Gasteiger partial charge in [0, 0.05) is 36.8 Å². The predicted octanol–water partition coefficient (Wildman–Crippen LogP) is 13.1. The number of nitrogens with zero attached hydrogens (tertiary/aromatic N) is 3. The highest BCUT2D eigenvalue weighted by atomic mass is 79.9. The van der Waals surface area contributed by atoms with Crippen LogP contribution in [0.5, 0.6) is 0 Å². The first-order valence-electron chi connectivity index (χ1n) is 22.2. The molecule has 3 heterocycles. The summed E-state index contributed by atoms with van der Waals surface area (Å²) in [6, 6.07) is 16.1. The maximum atomic E-state index is 13.6. The van der Waals surface area contributed by atoms with Gasteiger partial charge in [-0.25, -0.2) is 32.5 Å². The van der Waals surface area contributed by atoms with Crippen molar-refractivity contribution >= 4 is 73.2 Å². The number of amides is 2. The standard InChI is InChI=1S/C16H16F4N2O2.C14H17FN2O.C11H12BrNO.C5H5F4NO.C3H6FN/c1-2-3-4-14-22-12-6-5-10(8-13(12)24-14)7-11(17)9-21-15(23)16(18,19)20;1-2-3-4-14-17-12-6-5-10(7-11(15)9-16)8-13(12)18-14;1-2-3-4-11-13-9-6-5-8(12)7-10(9)14-11;1-3(6)2-10-4(11)5(7,8)9;1-3(4)2-5/h5-8H,2-4,9H2,1H3,(H,21,23);5-8H,2-4,9,16H2,1H3;5-7H,2-4H2,1H3;1-2H2,(H,10,11);1-2,5H2/b2*11-7+;;;. The normalized spacial score (nSPS) is 11.6. The van der Waals surface area contributed by atoms with Crippen molar-refractivity contribution < 1.29 is 66.7 Å². The number of nitrogens with one attached hydrogen (secondary N) is 2. The number of aryl methyl sites for hydroxylation is 3. The minimum atomic E-state index is -5.03. The fraction of sp³-hybridized carbons (Fsp3) is 0.367. The van der Waals surface area contributed by atoms with E-state index in [2.05, 4.69) is 57.9 Å². The Hall–Kier alpha value is -6.33. The Morgan fingerprint density at radius 2 is 0.944 bits per heavy atom. The van der Waals surface area contributed by atoms with Crippen molar-refractivity contribution in [2.75, 3.05) is 26.2 Å². The van der Waals surface area contributed by atoms with Gasteiger partial charge in [-0.05, 0) is 85.0 Å². The molecule has 0 atom stereocenters. The highest BCUT2D eigenvalue weighted by Gasteiger charge is 2.39. The Bertz CT molecular complexity index is 2730. The number of fused-ring (bicyclic) bond motifs is 3. The van der Waals surface area contributed by atoms with Crippen molar-refractivity contribution in [3.63, 3.8) is 0 Å². The Balaban J connectivity index is 0.000000330. The Kier molecular flexibility index (Phi) is 26.8. The first kappa shape index (κ1) is 61.8. The number of oxazole rings is 3. The fourth-order valence-corrected chi connectivity index (χ4v) is 5.76. The zero-order valence-corrected chi connectivity index (χ0v) is 41.2. The molecule has 2 amide bonds. The lowest BCUT2D eigenvalue weighted by atomic mass is 10.2. The number of benzene rings is 3. The van der Waals surface area contributed by atoms with Gasteiger partial charge in [0.1, 0.15) is 39.9 Å². The zero-order valence-electron chi connectivity index (χ0n) is 39.7. The second-order valence-electron chi connectivity index (χ2n) is 15.2. The van der Waals surface area contributed by atoms with Crippen LogP contribution in [0.3, 0.4) is 0 Å². The first-order valence-corrected chi connectivity index (χ1v) is 23.0. The quantitative estimate of drug-likeness (QED) is 0.0640. The first-order chi connectivity index (χ1) is 33.9. The summed E-state index contributed by atoms with van der Waals surface area (Å²) in [5.41, 5.74) is 15.5. The molecule has 3 aromatic carbocycles. The lowest BCUT2D eigenvalue weighted by molar-refractivity contribution is -0.173. The second-order valence-corrected chi connectivity index (χ2v) is 16.1. The molecule has 0 unspecified atom stereocenters. The smallest absolute Gasteiger partial charge is 0.441 e. The number of carbonyl (C=O) groups excluding carboxylic acids is 2. The van der Waals surface area contributed by atoms with Crippen LogP contribution in [-0.2, 0) is 28.9 Å². The van der Waals surface area contributed by atoms with E-state index in [-0.39, 0.29) is 18.9 Å². The van der Waals surface area contributed by atoms with Crippen molar-refractivity contribution in [1.29, 1.82) is 0 Å². The highest BCUT2D eigenvalue weighted by molar-refractivity contribution is 9.10. The van der Waals surface area contributed by atoms with E-state index in [0.29, 0.717) is 34.6 Å². The molecule has 394 valence electrons. The molecule has 6 rings (SSSR count). The van der Waals surface area contributed by atoms with Crippen LogP contribution >= 0.6 is 15.9 Å². The summed E-state index contributed by atoms with van der Waals surface area (Å²) < 4.78 is 137. The van der Waals surface area contributed by atoms with Gasteiger partial charge in [-0.15, -0.1) is 0 Å². The number of hydrogen-bond donors (Lipinski definition) is 4. The molecule has 0 saturated heterocycles. The van der Waals surface area contributed by atoms with Crippen LogP contribution in [0.1, 0.15) is 88.1 Å². The summed E-state index contributed by atoms with van der Waals surface area (Å²) in [5.74, 6) is -4.92. The van der Waals surface area contributed by atoms with Crippen LogP contribution in [0.4, 0.5) is 43.9 Å². The third-order valence-corrected chi connectivity index (χ3v) is 9.47. The van der Waals surface area contributed by atoms with E-state index in [4.69, 9.17) is 24.7 Å². The van der Waals surface area contributed by atoms with Gasteiger partial charge in [-0.3, -0.25) is 9.59 Å². The van der Waals surface area contributed by atoms with Crippen LogP contribution in [0, 0.1) is 0 Å². The molecule has 6 aromatic rings. The van der Waals surface area contributed by atoms with Crippen LogP contribution in [0.2, 0.25) is 0 Å². The number of aromatic nitrogens is 3. The summed E-state index contributed by atoms with van der Waals surface area (Å²) in [6.07, 6.45) is 1.33. The summed E-state index contributed by atoms with van der Waals surface area (Å²) in [4.78, 5) is 33.6. The van der Waals surface area contributed by atoms with Crippen LogP contribution in [0.25, 0.3) is 45.5 Å². The molecule has 0 bridgehead atoms. The van der Waals surface area contributed by atoms with Gasteiger partial charge in [-0.1, -0.05) is 81.3 Å². The van der Waals surface area contributed by atoms with Crippen LogP contribution in [-0.4, -0.2) is 65.3 Å². The molecule has 12 nitrogen and oxygen atoms in total. The molecule has 0 aliphatic heterocycles. The molecule has 6 N–H and O–H groups in total.